The Morgan fingerprint density at radius 1 is 0.972 bits per heavy atom. The first-order chi connectivity index (χ1) is 17.4. The van der Waals surface area contributed by atoms with Gasteiger partial charge in [-0.15, -0.1) is 0 Å². The summed E-state index contributed by atoms with van der Waals surface area (Å²) in [5, 5.41) is 11.0. The highest BCUT2D eigenvalue weighted by atomic mass is 16.5. The van der Waals surface area contributed by atoms with Crippen LogP contribution in [0, 0.1) is 23.2 Å². The van der Waals surface area contributed by atoms with Crippen molar-refractivity contribution in [1.82, 2.24) is 0 Å². The van der Waals surface area contributed by atoms with Gasteiger partial charge in [0.1, 0.15) is 0 Å². The number of benzene rings is 3. The van der Waals surface area contributed by atoms with Crippen LogP contribution in [0.3, 0.4) is 0 Å². The number of anilines is 1. The van der Waals surface area contributed by atoms with Gasteiger partial charge < -0.3 is 14.2 Å². The summed E-state index contributed by atoms with van der Waals surface area (Å²) >= 11 is 0. The van der Waals surface area contributed by atoms with Gasteiger partial charge in [0.25, 0.3) is 0 Å². The third kappa shape index (κ3) is 3.07. The lowest BCUT2D eigenvalue weighted by molar-refractivity contribution is -0.131. The van der Waals surface area contributed by atoms with E-state index in [9.17, 15) is 14.9 Å². The molecule has 182 valence electrons. The molecule has 3 aliphatic rings. The van der Waals surface area contributed by atoms with Crippen LogP contribution in [0.4, 0.5) is 5.69 Å². The number of rotatable bonds is 6. The molecule has 7 heteroatoms. The van der Waals surface area contributed by atoms with Crippen LogP contribution in [0.5, 0.6) is 11.5 Å². The number of imide groups is 1. The molecule has 0 unspecified atom stereocenters. The van der Waals surface area contributed by atoms with Crippen molar-refractivity contribution in [3.05, 3.63) is 66.2 Å². The van der Waals surface area contributed by atoms with E-state index in [2.05, 4.69) is 6.07 Å². The molecule has 3 aliphatic heterocycles. The number of para-hydroxylation sites is 2. The standard InChI is InChI=1S/C29H26N2O5/c1-28-13-14-29(36-28,15-16-35-23-10-6-5-9-22(23)34-2)25-24(28)26(32)31(27(25)33)21-12-11-18(17-30)19-7-3-4-8-20(19)21/h3-12,24-25H,13-16H2,1-2H3/t24-,25+,28-,29-/m1/s1. The van der Waals surface area contributed by atoms with Crippen molar-refractivity contribution >= 4 is 28.3 Å². The second-order valence-corrected chi connectivity index (χ2v) is 9.99. The zero-order chi connectivity index (χ0) is 25.1. The summed E-state index contributed by atoms with van der Waals surface area (Å²) < 4.78 is 17.9. The number of hydrogen-bond donors (Lipinski definition) is 0. The lowest BCUT2D eigenvalue weighted by atomic mass is 9.67. The lowest BCUT2D eigenvalue weighted by Crippen LogP contribution is -2.43. The smallest absolute Gasteiger partial charge is 0.240 e. The Labute approximate surface area is 209 Å². The van der Waals surface area contributed by atoms with Crippen molar-refractivity contribution in [1.29, 1.82) is 5.26 Å². The molecule has 2 bridgehead atoms. The second kappa shape index (κ2) is 8.07. The van der Waals surface area contributed by atoms with E-state index in [1.807, 2.05) is 55.5 Å². The number of ether oxygens (including phenoxy) is 3. The second-order valence-electron chi connectivity index (χ2n) is 9.99. The molecule has 2 amide bonds. The third-order valence-corrected chi connectivity index (χ3v) is 8.13. The fourth-order valence-corrected chi connectivity index (χ4v) is 6.50. The van der Waals surface area contributed by atoms with Gasteiger partial charge in [-0.25, -0.2) is 4.90 Å². The maximum atomic E-state index is 14.0. The van der Waals surface area contributed by atoms with Gasteiger partial charge in [0, 0.05) is 17.2 Å². The largest absolute Gasteiger partial charge is 0.493 e. The van der Waals surface area contributed by atoms with Gasteiger partial charge in [-0.1, -0.05) is 36.4 Å². The Hall–Kier alpha value is -3.89. The molecule has 6 rings (SSSR count). The van der Waals surface area contributed by atoms with E-state index < -0.39 is 23.0 Å². The minimum Gasteiger partial charge on any atom is -0.493 e. The topological polar surface area (TPSA) is 88.9 Å². The summed E-state index contributed by atoms with van der Waals surface area (Å²) in [6.45, 7) is 2.28. The summed E-state index contributed by atoms with van der Waals surface area (Å²) in [5.41, 5.74) is -0.420. The van der Waals surface area contributed by atoms with Gasteiger partial charge in [-0.05, 0) is 44.0 Å². The molecule has 3 saturated heterocycles. The zero-order valence-corrected chi connectivity index (χ0v) is 20.2. The molecule has 0 radical (unpaired) electrons. The van der Waals surface area contributed by atoms with Crippen molar-refractivity contribution in [2.75, 3.05) is 18.6 Å². The van der Waals surface area contributed by atoms with E-state index in [-0.39, 0.29) is 11.8 Å². The third-order valence-electron chi connectivity index (χ3n) is 8.13. The van der Waals surface area contributed by atoms with Crippen LogP contribution >= 0.6 is 0 Å². The van der Waals surface area contributed by atoms with E-state index >= 15 is 0 Å². The van der Waals surface area contributed by atoms with E-state index in [1.165, 1.54) is 4.90 Å². The van der Waals surface area contributed by atoms with E-state index in [4.69, 9.17) is 14.2 Å². The highest BCUT2D eigenvalue weighted by Crippen LogP contribution is 2.62. The molecule has 0 N–H and O–H groups in total. The number of nitriles is 1. The fraction of sp³-hybridized carbons (Fsp3) is 0.345. The van der Waals surface area contributed by atoms with Gasteiger partial charge in [-0.3, -0.25) is 9.59 Å². The van der Waals surface area contributed by atoms with E-state index in [1.54, 1.807) is 19.2 Å². The molecule has 0 aromatic heterocycles. The number of carbonyl (C=O) groups excluding carboxylic acids is 2. The monoisotopic (exact) mass is 482 g/mol. The van der Waals surface area contributed by atoms with E-state index in [0.717, 1.165) is 5.39 Å². The summed E-state index contributed by atoms with van der Waals surface area (Å²) in [7, 11) is 1.60. The van der Waals surface area contributed by atoms with Crippen LogP contribution < -0.4 is 14.4 Å². The molecular formula is C29H26N2O5. The van der Waals surface area contributed by atoms with Gasteiger partial charge in [0.2, 0.25) is 11.8 Å². The number of nitrogens with zero attached hydrogens (tertiary/aromatic N) is 2. The highest BCUT2D eigenvalue weighted by Gasteiger charge is 2.73. The number of hydrogen-bond acceptors (Lipinski definition) is 6. The number of carbonyl (C=O) groups is 2. The van der Waals surface area contributed by atoms with Crippen LogP contribution in [-0.2, 0) is 14.3 Å². The zero-order valence-electron chi connectivity index (χ0n) is 20.2. The van der Waals surface area contributed by atoms with Gasteiger partial charge in [-0.2, -0.15) is 5.26 Å². The predicted octanol–water partition coefficient (Wildman–Crippen LogP) is 4.62. The molecular weight excluding hydrogens is 456 g/mol. The Morgan fingerprint density at radius 3 is 2.42 bits per heavy atom. The van der Waals surface area contributed by atoms with Crippen molar-refractivity contribution < 1.29 is 23.8 Å². The summed E-state index contributed by atoms with van der Waals surface area (Å²) in [4.78, 5) is 29.1. The lowest BCUT2D eigenvalue weighted by Gasteiger charge is -2.31. The van der Waals surface area contributed by atoms with Crippen LogP contribution in [0.25, 0.3) is 10.8 Å². The molecule has 0 aliphatic carbocycles. The molecule has 3 fully saturated rings. The van der Waals surface area contributed by atoms with Gasteiger partial charge in [0.05, 0.1) is 54.1 Å². The van der Waals surface area contributed by atoms with Crippen molar-refractivity contribution in [2.45, 2.75) is 37.4 Å². The minimum atomic E-state index is -0.759. The van der Waals surface area contributed by atoms with E-state index in [0.29, 0.717) is 54.0 Å². The van der Waals surface area contributed by atoms with Crippen LogP contribution in [-0.4, -0.2) is 36.7 Å². The average Bonchev–Trinajstić information content (AvgIpc) is 3.48. The number of methoxy groups -OCH3 is 1. The van der Waals surface area contributed by atoms with Gasteiger partial charge in [0.15, 0.2) is 11.5 Å². The first kappa shape index (κ1) is 22.6. The Balaban J connectivity index is 1.33. The van der Waals surface area contributed by atoms with Crippen molar-refractivity contribution in [3.63, 3.8) is 0 Å². The first-order valence-electron chi connectivity index (χ1n) is 12.2. The van der Waals surface area contributed by atoms with Crippen LogP contribution in [0.2, 0.25) is 0 Å². The molecule has 3 aromatic carbocycles. The highest BCUT2D eigenvalue weighted by molar-refractivity contribution is 6.26. The Bertz CT molecular complexity index is 1450. The molecule has 7 nitrogen and oxygen atoms in total. The van der Waals surface area contributed by atoms with Crippen LogP contribution in [0.15, 0.2) is 60.7 Å². The van der Waals surface area contributed by atoms with Crippen molar-refractivity contribution in [3.8, 4) is 17.6 Å². The Kier molecular flexibility index (Phi) is 5.06. The summed E-state index contributed by atoms with van der Waals surface area (Å²) in [6.07, 6.45) is 1.90. The predicted molar refractivity (Wildman–Crippen MR) is 133 cm³/mol. The molecule has 3 aromatic rings. The quantitative estimate of drug-likeness (QED) is 0.477. The molecule has 0 saturated carbocycles. The molecule has 4 atom stereocenters. The maximum absolute atomic E-state index is 14.0. The van der Waals surface area contributed by atoms with Crippen molar-refractivity contribution in [2.24, 2.45) is 11.8 Å². The molecule has 0 spiro atoms. The molecule has 3 heterocycles. The SMILES string of the molecule is COc1ccccc1OCC[C@@]12CC[C@@](C)(O1)[C@H]1C(=O)N(c3ccc(C#N)c4ccccc34)C(=O)[C@H]12. The first-order valence-corrected chi connectivity index (χ1v) is 12.2. The van der Waals surface area contributed by atoms with Gasteiger partial charge >= 0.3 is 0 Å². The minimum absolute atomic E-state index is 0.227. The van der Waals surface area contributed by atoms with Crippen LogP contribution in [0.1, 0.15) is 31.7 Å². The number of fused-ring (bicyclic) bond motifs is 6. The Morgan fingerprint density at radius 2 is 1.67 bits per heavy atom. The summed E-state index contributed by atoms with van der Waals surface area (Å²) in [6, 6.07) is 20.4. The average molecular weight is 483 g/mol. The number of amides is 2. The normalized spacial score (nSPS) is 28.4. The fourth-order valence-electron chi connectivity index (χ4n) is 6.50. The summed E-state index contributed by atoms with van der Waals surface area (Å²) in [5.74, 6) is -0.303. The molecule has 36 heavy (non-hydrogen) atoms. The maximum Gasteiger partial charge on any atom is 0.240 e.